The van der Waals surface area contributed by atoms with Crippen LogP contribution < -0.4 is 5.32 Å². The molecule has 1 amide bonds. The van der Waals surface area contributed by atoms with Crippen molar-refractivity contribution in [3.63, 3.8) is 0 Å². The van der Waals surface area contributed by atoms with Crippen LogP contribution in [0, 0.1) is 11.8 Å². The fourth-order valence-electron chi connectivity index (χ4n) is 2.37. The van der Waals surface area contributed by atoms with E-state index < -0.39 is 5.97 Å². The summed E-state index contributed by atoms with van der Waals surface area (Å²) in [6.45, 7) is 6.20. The molecule has 0 heterocycles. The zero-order valence-electron chi connectivity index (χ0n) is 13.1. The van der Waals surface area contributed by atoms with E-state index in [0.717, 1.165) is 24.1 Å². The number of aryl methyl sites for hydroxylation is 1. The third-order valence-electron chi connectivity index (χ3n) is 3.56. The van der Waals surface area contributed by atoms with Gasteiger partial charge < -0.3 is 10.4 Å². The first-order valence-corrected chi connectivity index (χ1v) is 7.55. The molecule has 116 valence electrons. The summed E-state index contributed by atoms with van der Waals surface area (Å²) in [5.41, 5.74) is 1.66. The van der Waals surface area contributed by atoms with Gasteiger partial charge in [0.1, 0.15) is 0 Å². The maximum atomic E-state index is 12.3. The zero-order valence-corrected chi connectivity index (χ0v) is 13.1. The normalized spacial score (nSPS) is 12.2. The molecule has 0 aliphatic carbocycles. The summed E-state index contributed by atoms with van der Waals surface area (Å²) < 4.78 is 0. The van der Waals surface area contributed by atoms with Crippen molar-refractivity contribution < 1.29 is 14.7 Å². The lowest BCUT2D eigenvalue weighted by Crippen LogP contribution is -2.26. The summed E-state index contributed by atoms with van der Waals surface area (Å²) in [6.07, 6.45) is 2.43. The summed E-state index contributed by atoms with van der Waals surface area (Å²) >= 11 is 0. The molecule has 4 heteroatoms. The lowest BCUT2D eigenvalue weighted by molar-refractivity contribution is -0.137. The molecule has 0 aliphatic rings. The van der Waals surface area contributed by atoms with Crippen LogP contribution in [0.4, 0.5) is 5.69 Å². The summed E-state index contributed by atoms with van der Waals surface area (Å²) in [5.74, 6) is -0.452. The Bertz CT molecular complexity index is 483. The molecule has 0 bridgehead atoms. The van der Waals surface area contributed by atoms with Crippen molar-refractivity contribution in [3.05, 3.63) is 29.8 Å². The number of aliphatic carboxylic acids is 1. The second-order valence-corrected chi connectivity index (χ2v) is 5.72. The van der Waals surface area contributed by atoms with Gasteiger partial charge in [-0.3, -0.25) is 9.59 Å². The van der Waals surface area contributed by atoms with Crippen molar-refractivity contribution in [1.82, 2.24) is 0 Å². The summed E-state index contributed by atoms with van der Waals surface area (Å²) in [4.78, 5) is 22.9. The Morgan fingerprint density at radius 1 is 1.29 bits per heavy atom. The Balaban J connectivity index is 2.71. The van der Waals surface area contributed by atoms with E-state index in [0.29, 0.717) is 12.3 Å². The van der Waals surface area contributed by atoms with Gasteiger partial charge in [0.05, 0.1) is 0 Å². The predicted octanol–water partition coefficient (Wildman–Crippen LogP) is 3.71. The highest BCUT2D eigenvalue weighted by atomic mass is 16.4. The van der Waals surface area contributed by atoms with E-state index in [-0.39, 0.29) is 18.2 Å². The first-order valence-electron chi connectivity index (χ1n) is 7.55. The Morgan fingerprint density at radius 2 is 2.00 bits per heavy atom. The van der Waals surface area contributed by atoms with Crippen LogP contribution in [-0.4, -0.2) is 17.0 Å². The first-order chi connectivity index (χ1) is 9.93. The van der Waals surface area contributed by atoms with Crippen molar-refractivity contribution in [1.29, 1.82) is 0 Å². The highest BCUT2D eigenvalue weighted by Crippen LogP contribution is 2.20. The molecule has 4 nitrogen and oxygen atoms in total. The van der Waals surface area contributed by atoms with Crippen LogP contribution in [0.25, 0.3) is 0 Å². The molecule has 0 spiro atoms. The van der Waals surface area contributed by atoms with Gasteiger partial charge in [-0.05, 0) is 36.5 Å². The maximum absolute atomic E-state index is 12.3. The molecule has 0 aliphatic heterocycles. The molecular formula is C17H25NO3. The average molecular weight is 291 g/mol. The van der Waals surface area contributed by atoms with Crippen LogP contribution in [-0.2, 0) is 16.0 Å². The SMILES string of the molecule is CCCC(C(=O)Nc1cccc(CCC(=O)O)c1)C(C)C. The number of anilines is 1. The lowest BCUT2D eigenvalue weighted by atomic mass is 9.90. The van der Waals surface area contributed by atoms with Crippen molar-refractivity contribution in [2.24, 2.45) is 11.8 Å². The third kappa shape index (κ3) is 5.98. The number of amides is 1. The van der Waals surface area contributed by atoms with Gasteiger partial charge in [-0.2, -0.15) is 0 Å². The molecule has 1 aromatic carbocycles. The van der Waals surface area contributed by atoms with E-state index in [2.05, 4.69) is 26.1 Å². The van der Waals surface area contributed by atoms with E-state index in [1.54, 1.807) is 0 Å². The van der Waals surface area contributed by atoms with Gasteiger partial charge in [-0.1, -0.05) is 39.3 Å². The average Bonchev–Trinajstić information content (AvgIpc) is 2.42. The number of carboxylic acids is 1. The first kappa shape index (κ1) is 17.2. The second kappa shape index (κ2) is 8.45. The van der Waals surface area contributed by atoms with Gasteiger partial charge in [0, 0.05) is 18.0 Å². The van der Waals surface area contributed by atoms with Gasteiger partial charge in [0.15, 0.2) is 0 Å². The van der Waals surface area contributed by atoms with Gasteiger partial charge in [-0.25, -0.2) is 0 Å². The molecule has 0 saturated carbocycles. The largest absolute Gasteiger partial charge is 0.481 e. The molecule has 1 atom stereocenters. The Hall–Kier alpha value is -1.84. The summed E-state index contributed by atoms with van der Waals surface area (Å²) in [7, 11) is 0. The topological polar surface area (TPSA) is 66.4 Å². The quantitative estimate of drug-likeness (QED) is 0.767. The zero-order chi connectivity index (χ0) is 15.8. The number of benzene rings is 1. The van der Waals surface area contributed by atoms with Crippen LogP contribution in [0.1, 0.15) is 45.6 Å². The molecule has 1 aromatic rings. The van der Waals surface area contributed by atoms with Gasteiger partial charge >= 0.3 is 5.97 Å². The highest BCUT2D eigenvalue weighted by molar-refractivity contribution is 5.92. The standard InChI is InChI=1S/C17H25NO3/c1-4-6-15(12(2)3)17(21)18-14-8-5-7-13(11-14)9-10-16(19)20/h5,7-8,11-12,15H,4,6,9-10H2,1-3H3,(H,18,21)(H,19,20). The minimum Gasteiger partial charge on any atom is -0.481 e. The van der Waals surface area contributed by atoms with Crippen molar-refractivity contribution in [2.75, 3.05) is 5.32 Å². The Morgan fingerprint density at radius 3 is 2.57 bits per heavy atom. The van der Waals surface area contributed by atoms with Crippen LogP contribution >= 0.6 is 0 Å². The van der Waals surface area contributed by atoms with Crippen molar-refractivity contribution in [3.8, 4) is 0 Å². The maximum Gasteiger partial charge on any atom is 0.303 e. The van der Waals surface area contributed by atoms with E-state index in [1.165, 1.54) is 0 Å². The Labute approximate surface area is 126 Å². The van der Waals surface area contributed by atoms with E-state index in [9.17, 15) is 9.59 Å². The molecule has 0 fully saturated rings. The molecule has 0 saturated heterocycles. The number of nitrogens with one attached hydrogen (secondary N) is 1. The molecule has 1 rings (SSSR count). The number of rotatable bonds is 8. The second-order valence-electron chi connectivity index (χ2n) is 5.72. The number of carbonyl (C=O) groups excluding carboxylic acids is 1. The predicted molar refractivity (Wildman–Crippen MR) is 84.3 cm³/mol. The number of carboxylic acid groups (broad SMARTS) is 1. The lowest BCUT2D eigenvalue weighted by Gasteiger charge is -2.19. The number of carbonyl (C=O) groups is 2. The minimum atomic E-state index is -0.813. The van der Waals surface area contributed by atoms with Gasteiger partial charge in [0.2, 0.25) is 5.91 Å². The van der Waals surface area contributed by atoms with Gasteiger partial charge in [0.25, 0.3) is 0 Å². The van der Waals surface area contributed by atoms with E-state index in [4.69, 9.17) is 5.11 Å². The monoisotopic (exact) mass is 291 g/mol. The Kier molecular flexibility index (Phi) is 6.92. The van der Waals surface area contributed by atoms with Crippen LogP contribution in [0.2, 0.25) is 0 Å². The molecule has 1 unspecified atom stereocenters. The number of hydrogen-bond acceptors (Lipinski definition) is 2. The smallest absolute Gasteiger partial charge is 0.303 e. The molecule has 21 heavy (non-hydrogen) atoms. The van der Waals surface area contributed by atoms with Crippen molar-refractivity contribution in [2.45, 2.75) is 46.5 Å². The summed E-state index contributed by atoms with van der Waals surface area (Å²) in [6, 6.07) is 7.41. The highest BCUT2D eigenvalue weighted by Gasteiger charge is 2.21. The van der Waals surface area contributed by atoms with Gasteiger partial charge in [-0.15, -0.1) is 0 Å². The van der Waals surface area contributed by atoms with Crippen molar-refractivity contribution >= 4 is 17.6 Å². The molecule has 2 N–H and O–H groups in total. The molecule has 0 radical (unpaired) electrons. The molecular weight excluding hydrogens is 266 g/mol. The minimum absolute atomic E-state index is 0.0117. The number of hydrogen-bond donors (Lipinski definition) is 2. The fourth-order valence-corrected chi connectivity index (χ4v) is 2.37. The summed E-state index contributed by atoms with van der Waals surface area (Å²) in [5, 5.41) is 11.7. The van der Waals surface area contributed by atoms with Crippen LogP contribution in [0.3, 0.4) is 0 Å². The third-order valence-corrected chi connectivity index (χ3v) is 3.56. The van der Waals surface area contributed by atoms with Crippen LogP contribution in [0.15, 0.2) is 24.3 Å². The van der Waals surface area contributed by atoms with E-state index >= 15 is 0 Å². The van der Waals surface area contributed by atoms with E-state index in [1.807, 2.05) is 24.3 Å². The van der Waals surface area contributed by atoms with Crippen LogP contribution in [0.5, 0.6) is 0 Å². The fraction of sp³-hybridized carbons (Fsp3) is 0.529. The molecule has 0 aromatic heterocycles.